The van der Waals surface area contributed by atoms with Gasteiger partial charge in [-0.15, -0.1) is 0 Å². The van der Waals surface area contributed by atoms with Gasteiger partial charge in [0.1, 0.15) is 17.8 Å². The zero-order valence-corrected chi connectivity index (χ0v) is 21.6. The number of aromatic nitrogens is 3. The molecule has 1 unspecified atom stereocenters. The molecule has 0 amide bonds. The van der Waals surface area contributed by atoms with Crippen molar-refractivity contribution in [1.82, 2.24) is 20.0 Å². The summed E-state index contributed by atoms with van der Waals surface area (Å²) in [6.45, 7) is 9.46. The largest absolute Gasteiger partial charge is 0.379 e. The van der Waals surface area contributed by atoms with Crippen LogP contribution in [0.5, 0.6) is 0 Å². The van der Waals surface area contributed by atoms with E-state index in [0.717, 1.165) is 77.5 Å². The van der Waals surface area contributed by atoms with E-state index in [-0.39, 0.29) is 0 Å². The Bertz CT molecular complexity index is 1350. The van der Waals surface area contributed by atoms with Crippen LogP contribution < -0.4 is 10.2 Å². The highest BCUT2D eigenvalue weighted by atomic mass is 35.5. The Morgan fingerprint density at radius 1 is 1.08 bits per heavy atom. The number of nitrogens with zero attached hydrogens (tertiary/aromatic N) is 5. The van der Waals surface area contributed by atoms with Gasteiger partial charge in [0, 0.05) is 48.7 Å². The van der Waals surface area contributed by atoms with E-state index in [1.807, 2.05) is 51.1 Å². The molecule has 1 fully saturated rings. The van der Waals surface area contributed by atoms with Crippen molar-refractivity contribution in [3.8, 4) is 11.1 Å². The van der Waals surface area contributed by atoms with Crippen molar-refractivity contribution in [3.05, 3.63) is 64.5 Å². The number of halogens is 1. The van der Waals surface area contributed by atoms with Gasteiger partial charge in [-0.05, 0) is 62.6 Å². The number of hydrogen-bond donors (Lipinski definition) is 2. The standard InChI is InChI=1S/C27H31ClN6O2/c1-17-25(18(2)36-32-17)21-8-9-24-23(15-21)26(29-16-20-6-4-7-22(28)14-20)31-27(30-24)34-11-5-10-33(12-13-34)19(3)35/h4,6-9,14-15,19,35H,5,10-13,16H2,1-3H3,(H,29,30,31). The first-order chi connectivity index (χ1) is 17.4. The van der Waals surface area contributed by atoms with Gasteiger partial charge in [-0.1, -0.05) is 35.0 Å². The molecule has 2 N–H and O–H groups in total. The average Bonchev–Trinajstić information content (AvgIpc) is 3.05. The normalized spacial score (nSPS) is 15.8. The molecule has 1 saturated heterocycles. The van der Waals surface area contributed by atoms with Gasteiger partial charge in [0.25, 0.3) is 0 Å². The van der Waals surface area contributed by atoms with E-state index in [2.05, 4.69) is 32.4 Å². The van der Waals surface area contributed by atoms with E-state index < -0.39 is 6.23 Å². The lowest BCUT2D eigenvalue weighted by Gasteiger charge is -2.24. The zero-order valence-electron chi connectivity index (χ0n) is 20.8. The van der Waals surface area contributed by atoms with Crippen molar-refractivity contribution in [1.29, 1.82) is 0 Å². The van der Waals surface area contributed by atoms with Gasteiger partial charge < -0.3 is 19.8 Å². The second-order valence-corrected chi connectivity index (χ2v) is 9.73. The fraction of sp³-hybridized carbons (Fsp3) is 0.370. The molecule has 1 aliphatic heterocycles. The number of aliphatic hydroxyl groups is 1. The fourth-order valence-corrected chi connectivity index (χ4v) is 5.00. The Labute approximate surface area is 215 Å². The molecule has 2 aromatic heterocycles. The van der Waals surface area contributed by atoms with Crippen LogP contribution in [0.25, 0.3) is 22.0 Å². The van der Waals surface area contributed by atoms with E-state index in [0.29, 0.717) is 17.5 Å². The Hall–Kier alpha value is -3.20. The number of nitrogens with one attached hydrogen (secondary N) is 1. The van der Waals surface area contributed by atoms with Gasteiger partial charge in [-0.3, -0.25) is 4.90 Å². The molecule has 0 saturated carbocycles. The second-order valence-electron chi connectivity index (χ2n) is 9.30. The van der Waals surface area contributed by atoms with Gasteiger partial charge in [0.15, 0.2) is 0 Å². The molecule has 1 aliphatic rings. The molecule has 36 heavy (non-hydrogen) atoms. The Balaban J connectivity index is 1.53. The minimum atomic E-state index is -0.458. The summed E-state index contributed by atoms with van der Waals surface area (Å²) in [6.07, 6.45) is 0.475. The van der Waals surface area contributed by atoms with Gasteiger partial charge >= 0.3 is 0 Å². The van der Waals surface area contributed by atoms with Crippen molar-refractivity contribution in [2.24, 2.45) is 0 Å². The van der Waals surface area contributed by atoms with Crippen molar-refractivity contribution >= 4 is 34.3 Å². The number of anilines is 2. The predicted octanol–water partition coefficient (Wildman–Crippen LogP) is 5.02. The van der Waals surface area contributed by atoms with Crippen LogP contribution in [-0.2, 0) is 6.54 Å². The summed E-state index contributed by atoms with van der Waals surface area (Å²) in [5.41, 5.74) is 4.79. The Kier molecular flexibility index (Phi) is 7.09. The molecule has 4 aromatic rings. The lowest BCUT2D eigenvalue weighted by atomic mass is 10.0. The Morgan fingerprint density at radius 2 is 1.94 bits per heavy atom. The summed E-state index contributed by atoms with van der Waals surface area (Å²) in [4.78, 5) is 14.2. The van der Waals surface area contributed by atoms with Crippen LogP contribution in [0, 0.1) is 13.8 Å². The molecule has 1 atom stereocenters. The summed E-state index contributed by atoms with van der Waals surface area (Å²) in [5.74, 6) is 2.24. The number of rotatable bonds is 6. The first-order valence-electron chi connectivity index (χ1n) is 12.3. The lowest BCUT2D eigenvalue weighted by molar-refractivity contribution is 0.0238. The van der Waals surface area contributed by atoms with Gasteiger partial charge in [0.2, 0.25) is 5.95 Å². The minimum Gasteiger partial charge on any atom is -0.379 e. The third-order valence-corrected chi connectivity index (χ3v) is 6.93. The first-order valence-corrected chi connectivity index (χ1v) is 12.7. The predicted molar refractivity (Wildman–Crippen MR) is 143 cm³/mol. The zero-order chi connectivity index (χ0) is 25.2. The summed E-state index contributed by atoms with van der Waals surface area (Å²) in [5, 5.41) is 19.3. The summed E-state index contributed by atoms with van der Waals surface area (Å²) < 4.78 is 5.41. The van der Waals surface area contributed by atoms with Gasteiger partial charge in [-0.2, -0.15) is 4.98 Å². The highest BCUT2D eigenvalue weighted by Gasteiger charge is 2.21. The lowest BCUT2D eigenvalue weighted by Crippen LogP contribution is -2.36. The molecule has 2 aromatic carbocycles. The number of benzene rings is 2. The van der Waals surface area contributed by atoms with Gasteiger partial charge in [0.05, 0.1) is 11.2 Å². The molecule has 0 aliphatic carbocycles. The van der Waals surface area contributed by atoms with Crippen LogP contribution in [0.1, 0.15) is 30.4 Å². The molecule has 8 nitrogen and oxygen atoms in total. The van der Waals surface area contributed by atoms with Crippen molar-refractivity contribution < 1.29 is 9.63 Å². The van der Waals surface area contributed by atoms with Crippen molar-refractivity contribution in [3.63, 3.8) is 0 Å². The maximum atomic E-state index is 10.0. The van der Waals surface area contributed by atoms with Crippen LogP contribution in [-0.4, -0.2) is 57.5 Å². The molecule has 5 rings (SSSR count). The smallest absolute Gasteiger partial charge is 0.227 e. The van der Waals surface area contributed by atoms with E-state index in [1.54, 1.807) is 0 Å². The third-order valence-electron chi connectivity index (χ3n) is 6.70. The van der Waals surface area contributed by atoms with Crippen LogP contribution in [0.2, 0.25) is 5.02 Å². The first kappa shape index (κ1) is 24.5. The molecule has 188 valence electrons. The average molecular weight is 507 g/mol. The Morgan fingerprint density at radius 3 is 2.69 bits per heavy atom. The minimum absolute atomic E-state index is 0.458. The monoisotopic (exact) mass is 506 g/mol. The molecule has 0 spiro atoms. The van der Waals surface area contributed by atoms with Gasteiger partial charge in [-0.25, -0.2) is 4.98 Å². The van der Waals surface area contributed by atoms with Crippen LogP contribution >= 0.6 is 11.6 Å². The topological polar surface area (TPSA) is 90.6 Å². The molecule has 9 heteroatoms. The molecule has 3 heterocycles. The molecular weight excluding hydrogens is 476 g/mol. The highest BCUT2D eigenvalue weighted by molar-refractivity contribution is 6.30. The molecule has 0 bridgehead atoms. The van der Waals surface area contributed by atoms with Crippen LogP contribution in [0.3, 0.4) is 0 Å². The number of aryl methyl sites for hydroxylation is 2. The summed E-state index contributed by atoms with van der Waals surface area (Å²) in [7, 11) is 0. The van der Waals surface area contributed by atoms with E-state index in [9.17, 15) is 5.11 Å². The third kappa shape index (κ3) is 5.16. The van der Waals surface area contributed by atoms with Crippen molar-refractivity contribution in [2.75, 3.05) is 36.4 Å². The van der Waals surface area contributed by atoms with Crippen LogP contribution in [0.15, 0.2) is 47.0 Å². The van der Waals surface area contributed by atoms with Crippen molar-refractivity contribution in [2.45, 2.75) is 40.0 Å². The van der Waals surface area contributed by atoms with Crippen LogP contribution in [0.4, 0.5) is 11.8 Å². The maximum Gasteiger partial charge on any atom is 0.227 e. The van der Waals surface area contributed by atoms with E-state index in [4.69, 9.17) is 26.1 Å². The van der Waals surface area contributed by atoms with E-state index in [1.165, 1.54) is 0 Å². The number of hydrogen-bond acceptors (Lipinski definition) is 8. The summed E-state index contributed by atoms with van der Waals surface area (Å²) >= 11 is 6.21. The number of fused-ring (bicyclic) bond motifs is 1. The molecule has 0 radical (unpaired) electrons. The quantitative estimate of drug-likeness (QED) is 0.377. The summed E-state index contributed by atoms with van der Waals surface area (Å²) in [6, 6.07) is 14.0. The second kappa shape index (κ2) is 10.4. The SMILES string of the molecule is Cc1noc(C)c1-c1ccc2nc(N3CCCN(C(C)O)CC3)nc(NCc3cccc(Cl)c3)c2c1. The molecular formula is C27H31ClN6O2. The fourth-order valence-electron chi connectivity index (χ4n) is 4.79. The number of aliphatic hydroxyl groups excluding tert-OH is 1. The van der Waals surface area contributed by atoms with E-state index >= 15 is 0 Å². The highest BCUT2D eigenvalue weighted by Crippen LogP contribution is 2.32. The maximum absolute atomic E-state index is 10.0.